The molecule has 0 aliphatic carbocycles. The van der Waals surface area contributed by atoms with Crippen LogP contribution in [-0.4, -0.2) is 15.3 Å². The van der Waals surface area contributed by atoms with E-state index >= 15 is 0 Å². The molecule has 2 rings (SSSR count). The van der Waals surface area contributed by atoms with Crippen LogP contribution in [0.1, 0.15) is 15.9 Å². The molecular formula is C14H11ClN2O3. The van der Waals surface area contributed by atoms with Crippen molar-refractivity contribution in [3.05, 3.63) is 80.1 Å². The first-order valence-corrected chi connectivity index (χ1v) is 6.16. The summed E-state index contributed by atoms with van der Waals surface area (Å²) >= 11 is 5.75. The Bertz CT molecular complexity index is 772. The van der Waals surface area contributed by atoms with Crippen LogP contribution in [0.3, 0.4) is 0 Å². The lowest BCUT2D eigenvalue weighted by molar-refractivity contribution is 0.103. The summed E-state index contributed by atoms with van der Waals surface area (Å²) in [5.41, 5.74) is -1.01. The number of aromatic nitrogens is 2. The molecule has 0 amide bonds. The molecule has 6 heteroatoms. The van der Waals surface area contributed by atoms with Gasteiger partial charge < -0.3 is 4.98 Å². The molecule has 0 radical (unpaired) electrons. The van der Waals surface area contributed by atoms with Gasteiger partial charge in [0.05, 0.1) is 0 Å². The van der Waals surface area contributed by atoms with E-state index < -0.39 is 17.0 Å². The van der Waals surface area contributed by atoms with Crippen molar-refractivity contribution in [3.63, 3.8) is 0 Å². The van der Waals surface area contributed by atoms with Crippen LogP contribution >= 0.6 is 11.6 Å². The highest BCUT2D eigenvalue weighted by Gasteiger charge is 2.15. The van der Waals surface area contributed by atoms with Gasteiger partial charge in [0, 0.05) is 23.3 Å². The SMILES string of the molecule is C=CCn1c(=O)[nH]cc(C(=O)c2ccc(Cl)cc2)c1=O. The molecule has 102 valence electrons. The summed E-state index contributed by atoms with van der Waals surface area (Å²) in [4.78, 5) is 38.2. The number of aromatic amines is 1. The van der Waals surface area contributed by atoms with E-state index in [9.17, 15) is 14.4 Å². The largest absolute Gasteiger partial charge is 0.328 e. The van der Waals surface area contributed by atoms with Crippen LogP contribution in [0.25, 0.3) is 0 Å². The van der Waals surface area contributed by atoms with Gasteiger partial charge in [-0.15, -0.1) is 6.58 Å². The van der Waals surface area contributed by atoms with Crippen LogP contribution in [-0.2, 0) is 6.54 Å². The number of rotatable bonds is 4. The van der Waals surface area contributed by atoms with E-state index in [-0.39, 0.29) is 12.1 Å². The summed E-state index contributed by atoms with van der Waals surface area (Å²) in [6.45, 7) is 3.51. The number of nitrogens with one attached hydrogen (secondary N) is 1. The van der Waals surface area contributed by atoms with Gasteiger partial charge in [-0.1, -0.05) is 17.7 Å². The third kappa shape index (κ3) is 2.62. The lowest BCUT2D eigenvalue weighted by atomic mass is 10.1. The molecule has 0 aliphatic heterocycles. The van der Waals surface area contributed by atoms with Crippen LogP contribution in [0, 0.1) is 0 Å². The Balaban J connectivity index is 2.53. The Kier molecular flexibility index (Phi) is 4.00. The molecule has 0 saturated heterocycles. The third-order valence-electron chi connectivity index (χ3n) is 2.72. The topological polar surface area (TPSA) is 71.9 Å². The number of ketones is 1. The molecule has 1 heterocycles. The molecule has 0 unspecified atom stereocenters. The highest BCUT2D eigenvalue weighted by Crippen LogP contribution is 2.11. The van der Waals surface area contributed by atoms with Gasteiger partial charge in [-0.3, -0.25) is 14.2 Å². The van der Waals surface area contributed by atoms with Crippen molar-refractivity contribution in [1.82, 2.24) is 9.55 Å². The first-order valence-electron chi connectivity index (χ1n) is 5.78. The second-order valence-electron chi connectivity index (χ2n) is 4.05. The summed E-state index contributed by atoms with van der Waals surface area (Å²) in [5, 5.41) is 0.493. The number of halogens is 1. The van der Waals surface area contributed by atoms with Gasteiger partial charge in [-0.05, 0) is 24.3 Å². The standard InChI is InChI=1S/C14H11ClN2O3/c1-2-7-17-13(19)11(8-16-14(17)20)12(18)9-3-5-10(15)6-4-9/h2-6,8H,1,7H2,(H,16,20). The number of carbonyl (C=O) groups is 1. The van der Waals surface area contributed by atoms with E-state index in [1.54, 1.807) is 12.1 Å². The quantitative estimate of drug-likeness (QED) is 0.687. The third-order valence-corrected chi connectivity index (χ3v) is 2.98. The molecule has 0 spiro atoms. The first kappa shape index (κ1) is 14.0. The van der Waals surface area contributed by atoms with E-state index in [0.29, 0.717) is 10.6 Å². The van der Waals surface area contributed by atoms with Crippen molar-refractivity contribution in [3.8, 4) is 0 Å². The Morgan fingerprint density at radius 2 is 1.95 bits per heavy atom. The zero-order chi connectivity index (χ0) is 14.7. The minimum atomic E-state index is -0.645. The fourth-order valence-electron chi connectivity index (χ4n) is 1.73. The van der Waals surface area contributed by atoms with Crippen LogP contribution < -0.4 is 11.2 Å². The minimum Gasteiger partial charge on any atom is -0.313 e. The maximum atomic E-state index is 12.2. The van der Waals surface area contributed by atoms with Crippen LogP contribution in [0.15, 0.2) is 52.7 Å². The van der Waals surface area contributed by atoms with Crippen LogP contribution in [0.4, 0.5) is 0 Å². The monoisotopic (exact) mass is 290 g/mol. The average Bonchev–Trinajstić information content (AvgIpc) is 2.44. The molecule has 2 aromatic rings. The lowest BCUT2D eigenvalue weighted by Crippen LogP contribution is -2.37. The minimum absolute atomic E-state index is 0.0376. The summed E-state index contributed by atoms with van der Waals surface area (Å²) < 4.78 is 0.913. The molecule has 0 atom stereocenters. The average molecular weight is 291 g/mol. The Hall–Kier alpha value is -2.40. The highest BCUT2D eigenvalue weighted by atomic mass is 35.5. The maximum Gasteiger partial charge on any atom is 0.328 e. The molecule has 1 N–H and O–H groups in total. The Morgan fingerprint density at radius 3 is 2.55 bits per heavy atom. The van der Waals surface area contributed by atoms with Crippen molar-refractivity contribution in [2.24, 2.45) is 0 Å². The molecule has 5 nitrogen and oxygen atoms in total. The highest BCUT2D eigenvalue weighted by molar-refractivity contribution is 6.30. The van der Waals surface area contributed by atoms with Crippen molar-refractivity contribution in [1.29, 1.82) is 0 Å². The molecular weight excluding hydrogens is 280 g/mol. The molecule has 0 aliphatic rings. The smallest absolute Gasteiger partial charge is 0.313 e. The summed E-state index contributed by atoms with van der Waals surface area (Å²) in [6.07, 6.45) is 2.54. The summed E-state index contributed by atoms with van der Waals surface area (Å²) in [6, 6.07) is 6.16. The number of allylic oxidation sites excluding steroid dienone is 1. The zero-order valence-corrected chi connectivity index (χ0v) is 11.2. The molecule has 1 aromatic carbocycles. The van der Waals surface area contributed by atoms with Gasteiger partial charge in [0.25, 0.3) is 5.56 Å². The van der Waals surface area contributed by atoms with Crippen molar-refractivity contribution >= 4 is 17.4 Å². The van der Waals surface area contributed by atoms with E-state index in [1.165, 1.54) is 18.2 Å². The predicted octanol–water partition coefficient (Wildman–Crippen LogP) is 1.61. The number of benzene rings is 1. The van der Waals surface area contributed by atoms with Gasteiger partial charge in [-0.2, -0.15) is 0 Å². The molecule has 0 bridgehead atoms. The molecule has 0 fully saturated rings. The van der Waals surface area contributed by atoms with Crippen molar-refractivity contribution < 1.29 is 4.79 Å². The molecule has 0 saturated carbocycles. The van der Waals surface area contributed by atoms with Crippen LogP contribution in [0.2, 0.25) is 5.02 Å². The predicted molar refractivity (Wildman–Crippen MR) is 76.4 cm³/mol. The molecule has 20 heavy (non-hydrogen) atoms. The van der Waals surface area contributed by atoms with Gasteiger partial charge in [0.15, 0.2) is 5.78 Å². The van der Waals surface area contributed by atoms with E-state index in [2.05, 4.69) is 11.6 Å². The van der Waals surface area contributed by atoms with Crippen molar-refractivity contribution in [2.45, 2.75) is 6.54 Å². The Morgan fingerprint density at radius 1 is 1.30 bits per heavy atom. The number of carbonyl (C=O) groups excluding carboxylic acids is 1. The van der Waals surface area contributed by atoms with Gasteiger partial charge in [0.2, 0.25) is 0 Å². The maximum absolute atomic E-state index is 12.2. The van der Waals surface area contributed by atoms with E-state index in [1.807, 2.05) is 0 Å². The number of hydrogen-bond acceptors (Lipinski definition) is 3. The molecule has 1 aromatic heterocycles. The second-order valence-corrected chi connectivity index (χ2v) is 4.48. The second kappa shape index (κ2) is 5.71. The number of nitrogens with zero attached hydrogens (tertiary/aromatic N) is 1. The fraction of sp³-hybridized carbons (Fsp3) is 0.0714. The van der Waals surface area contributed by atoms with Gasteiger partial charge in [0.1, 0.15) is 5.56 Å². The van der Waals surface area contributed by atoms with E-state index in [4.69, 9.17) is 11.6 Å². The Labute approximate surface area is 119 Å². The number of H-pyrrole nitrogens is 1. The fourth-order valence-corrected chi connectivity index (χ4v) is 1.85. The van der Waals surface area contributed by atoms with Gasteiger partial charge in [-0.25, -0.2) is 4.79 Å². The number of hydrogen-bond donors (Lipinski definition) is 1. The van der Waals surface area contributed by atoms with Crippen molar-refractivity contribution in [2.75, 3.05) is 0 Å². The summed E-state index contributed by atoms with van der Waals surface area (Å²) in [5.74, 6) is -0.472. The lowest BCUT2D eigenvalue weighted by Gasteiger charge is -2.04. The summed E-state index contributed by atoms with van der Waals surface area (Å²) in [7, 11) is 0. The van der Waals surface area contributed by atoms with Crippen LogP contribution in [0.5, 0.6) is 0 Å². The zero-order valence-electron chi connectivity index (χ0n) is 10.4. The normalized spacial score (nSPS) is 10.2. The first-order chi connectivity index (χ1) is 9.54. The van der Waals surface area contributed by atoms with Gasteiger partial charge >= 0.3 is 5.69 Å². The van der Waals surface area contributed by atoms with E-state index in [0.717, 1.165) is 10.8 Å².